The summed E-state index contributed by atoms with van der Waals surface area (Å²) in [6, 6.07) is 0. The van der Waals surface area contributed by atoms with Crippen molar-refractivity contribution in [3.8, 4) is 0 Å². The molecule has 2 N–H and O–H groups in total. The normalized spacial score (nSPS) is 52.0. The van der Waals surface area contributed by atoms with E-state index in [1.54, 1.807) is 0 Å². The first-order valence-electron chi connectivity index (χ1n) is 16.9. The molecular formula is C34H57NO5. The van der Waals surface area contributed by atoms with Crippen molar-refractivity contribution < 1.29 is 24.1 Å². The van der Waals surface area contributed by atoms with Crippen molar-refractivity contribution in [3.05, 3.63) is 0 Å². The molecule has 5 saturated carbocycles. The molecule has 5 aliphatic carbocycles. The van der Waals surface area contributed by atoms with Crippen molar-refractivity contribution in [1.82, 2.24) is 5.32 Å². The van der Waals surface area contributed by atoms with E-state index in [-0.39, 0.29) is 23.9 Å². The fourth-order valence-electron chi connectivity index (χ4n) is 12.5. The minimum atomic E-state index is -0.888. The molecule has 7 fully saturated rings. The molecule has 7 aliphatic rings. The number of morpholine rings is 1. The molecule has 0 bridgehead atoms. The average molecular weight is 560 g/mol. The molecule has 2 heterocycles. The van der Waals surface area contributed by atoms with Crippen LogP contribution in [-0.4, -0.2) is 67.7 Å². The number of nitrogens with one attached hydrogen (secondary N) is 1. The Bertz CT molecular complexity index is 958. The Labute approximate surface area is 243 Å². The highest BCUT2D eigenvalue weighted by atomic mass is 16.7. The van der Waals surface area contributed by atoms with E-state index in [2.05, 4.69) is 26.1 Å². The maximum atomic E-state index is 10.9. The summed E-state index contributed by atoms with van der Waals surface area (Å²) in [4.78, 5) is 0. The zero-order chi connectivity index (χ0) is 28.1. The SMILES string of the molecule is CCO[C@@H](C1CCC2C(CC3C4CCC5C(C)(C)[C@@H](OC6CNCCO6)CCC56C[C@@]46CC[C@]23C)O1)C(C)(C)O. The number of aliphatic hydroxyl groups is 1. The Morgan fingerprint density at radius 3 is 2.50 bits per heavy atom. The first-order chi connectivity index (χ1) is 19.0. The van der Waals surface area contributed by atoms with Crippen molar-refractivity contribution >= 4 is 0 Å². The molecule has 0 amide bonds. The van der Waals surface area contributed by atoms with Gasteiger partial charge in [0.25, 0.3) is 0 Å². The van der Waals surface area contributed by atoms with Crippen LogP contribution in [0, 0.1) is 45.3 Å². The van der Waals surface area contributed by atoms with Crippen LogP contribution in [0.25, 0.3) is 0 Å². The van der Waals surface area contributed by atoms with E-state index >= 15 is 0 Å². The fraction of sp³-hybridized carbons (Fsp3) is 1.00. The van der Waals surface area contributed by atoms with Gasteiger partial charge in [-0.2, -0.15) is 0 Å². The number of hydrogen-bond donors (Lipinski definition) is 2. The summed E-state index contributed by atoms with van der Waals surface area (Å²) < 4.78 is 25.7. The van der Waals surface area contributed by atoms with E-state index in [0.29, 0.717) is 41.0 Å². The topological polar surface area (TPSA) is 69.2 Å². The van der Waals surface area contributed by atoms with E-state index in [9.17, 15) is 5.11 Å². The highest BCUT2D eigenvalue weighted by Gasteiger charge is 2.80. The second-order valence-corrected chi connectivity index (χ2v) is 16.5. The summed E-state index contributed by atoms with van der Waals surface area (Å²) in [6.07, 6.45) is 13.3. The summed E-state index contributed by atoms with van der Waals surface area (Å²) in [7, 11) is 0. The molecule has 2 spiro atoms. The third kappa shape index (κ3) is 4.01. The van der Waals surface area contributed by atoms with Gasteiger partial charge in [0.1, 0.15) is 6.10 Å². The summed E-state index contributed by atoms with van der Waals surface area (Å²) in [5, 5.41) is 14.3. The van der Waals surface area contributed by atoms with Crippen LogP contribution in [0.5, 0.6) is 0 Å². The molecular weight excluding hydrogens is 502 g/mol. The largest absolute Gasteiger partial charge is 0.388 e. The summed E-state index contributed by atoms with van der Waals surface area (Å²) in [6.45, 7) is 16.6. The Hall–Kier alpha value is -0.240. The Morgan fingerprint density at radius 1 is 0.975 bits per heavy atom. The van der Waals surface area contributed by atoms with Crippen LogP contribution in [-0.2, 0) is 18.9 Å². The molecule has 6 heteroatoms. The second-order valence-electron chi connectivity index (χ2n) is 16.5. The minimum absolute atomic E-state index is 0.00124. The van der Waals surface area contributed by atoms with Gasteiger partial charge < -0.3 is 29.4 Å². The number of ether oxygens (including phenoxy) is 4. The van der Waals surface area contributed by atoms with Crippen LogP contribution in [0.4, 0.5) is 0 Å². The molecule has 40 heavy (non-hydrogen) atoms. The van der Waals surface area contributed by atoms with Crippen LogP contribution in [0.3, 0.4) is 0 Å². The monoisotopic (exact) mass is 559 g/mol. The van der Waals surface area contributed by atoms with Crippen LogP contribution >= 0.6 is 0 Å². The van der Waals surface area contributed by atoms with Crippen LogP contribution < -0.4 is 5.32 Å². The molecule has 0 aromatic carbocycles. The Kier molecular flexibility index (Phi) is 6.87. The molecule has 12 atom stereocenters. The smallest absolute Gasteiger partial charge is 0.170 e. The molecule has 0 aromatic heterocycles. The number of hydrogen-bond acceptors (Lipinski definition) is 6. The molecule has 7 rings (SSSR count). The van der Waals surface area contributed by atoms with Crippen LogP contribution in [0.2, 0.25) is 0 Å². The van der Waals surface area contributed by atoms with Gasteiger partial charge in [0, 0.05) is 19.7 Å². The standard InChI is InChI=1S/C34H57NO5/c1-7-37-29(31(4,5)36)24-10-8-22-25(39-24)18-23-21-9-11-26-30(2,3)27(40-28-19-35-16-17-38-28)12-13-34(26)20-33(21,34)15-14-32(22,23)6/h21-29,35-36H,7-20H2,1-6H3/t21?,22?,23?,24?,25?,26?,27-,28?,29-,32+,33-,34?/m0/s1. The van der Waals surface area contributed by atoms with E-state index in [1.165, 1.54) is 57.8 Å². The Morgan fingerprint density at radius 2 is 1.77 bits per heavy atom. The van der Waals surface area contributed by atoms with Crippen molar-refractivity contribution in [2.45, 2.75) is 142 Å². The molecule has 0 radical (unpaired) electrons. The predicted octanol–water partition coefficient (Wildman–Crippen LogP) is 5.70. The van der Waals surface area contributed by atoms with Gasteiger partial charge in [-0.15, -0.1) is 0 Å². The summed E-state index contributed by atoms with van der Waals surface area (Å²) in [5.74, 6) is 3.05. The van der Waals surface area contributed by atoms with E-state index in [1.807, 2.05) is 20.8 Å². The van der Waals surface area contributed by atoms with Gasteiger partial charge in [-0.05, 0) is 130 Å². The molecule has 8 unspecified atom stereocenters. The lowest BCUT2D eigenvalue weighted by atomic mass is 9.46. The lowest BCUT2D eigenvalue weighted by Crippen LogP contribution is -2.56. The van der Waals surface area contributed by atoms with Crippen molar-refractivity contribution in [3.63, 3.8) is 0 Å². The maximum Gasteiger partial charge on any atom is 0.170 e. The first kappa shape index (κ1) is 28.5. The third-order valence-corrected chi connectivity index (χ3v) is 14.1. The van der Waals surface area contributed by atoms with Crippen molar-refractivity contribution in [2.24, 2.45) is 45.3 Å². The zero-order valence-corrected chi connectivity index (χ0v) is 26.2. The highest BCUT2D eigenvalue weighted by molar-refractivity contribution is 5.29. The van der Waals surface area contributed by atoms with Gasteiger partial charge >= 0.3 is 0 Å². The lowest BCUT2D eigenvalue weighted by molar-refractivity contribution is -0.232. The Balaban J connectivity index is 1.08. The molecule has 228 valence electrons. The van der Waals surface area contributed by atoms with Crippen molar-refractivity contribution in [1.29, 1.82) is 0 Å². The zero-order valence-electron chi connectivity index (χ0n) is 26.2. The van der Waals surface area contributed by atoms with Crippen LogP contribution in [0.1, 0.15) is 106 Å². The van der Waals surface area contributed by atoms with Gasteiger partial charge in [-0.25, -0.2) is 0 Å². The minimum Gasteiger partial charge on any atom is -0.388 e. The van der Waals surface area contributed by atoms with Gasteiger partial charge in [0.2, 0.25) is 0 Å². The van der Waals surface area contributed by atoms with E-state index < -0.39 is 5.60 Å². The first-order valence-corrected chi connectivity index (χ1v) is 16.9. The lowest BCUT2D eigenvalue weighted by Gasteiger charge is -2.60. The van der Waals surface area contributed by atoms with Gasteiger partial charge in [-0.1, -0.05) is 20.8 Å². The molecule has 6 nitrogen and oxygen atoms in total. The number of fused-ring (bicyclic) bond motifs is 4. The maximum absolute atomic E-state index is 10.9. The fourth-order valence-corrected chi connectivity index (χ4v) is 12.5. The van der Waals surface area contributed by atoms with E-state index in [0.717, 1.165) is 43.9 Å². The summed E-state index contributed by atoms with van der Waals surface area (Å²) in [5.41, 5.74) is 0.795. The molecule has 0 aromatic rings. The third-order valence-electron chi connectivity index (χ3n) is 14.1. The quantitative estimate of drug-likeness (QED) is 0.435. The van der Waals surface area contributed by atoms with Gasteiger partial charge in [0.05, 0.1) is 30.5 Å². The van der Waals surface area contributed by atoms with Crippen LogP contribution in [0.15, 0.2) is 0 Å². The average Bonchev–Trinajstić information content (AvgIpc) is 3.49. The number of rotatable bonds is 6. The molecule has 2 aliphatic heterocycles. The van der Waals surface area contributed by atoms with E-state index in [4.69, 9.17) is 18.9 Å². The van der Waals surface area contributed by atoms with Crippen molar-refractivity contribution in [2.75, 3.05) is 26.3 Å². The predicted molar refractivity (Wildman–Crippen MR) is 155 cm³/mol. The highest BCUT2D eigenvalue weighted by Crippen LogP contribution is 2.87. The summed E-state index contributed by atoms with van der Waals surface area (Å²) >= 11 is 0. The van der Waals surface area contributed by atoms with Gasteiger partial charge in [0.15, 0.2) is 6.29 Å². The molecule has 2 saturated heterocycles. The van der Waals surface area contributed by atoms with Gasteiger partial charge in [-0.3, -0.25) is 0 Å². The second kappa shape index (κ2) is 9.63.